The highest BCUT2D eigenvalue weighted by atomic mass is 32.1. The minimum atomic E-state index is 0.568. The van der Waals surface area contributed by atoms with Gasteiger partial charge in [0.25, 0.3) is 0 Å². The van der Waals surface area contributed by atoms with Gasteiger partial charge in [-0.25, -0.2) is 0 Å². The van der Waals surface area contributed by atoms with Gasteiger partial charge in [-0.1, -0.05) is 6.07 Å². The van der Waals surface area contributed by atoms with Crippen LogP contribution in [0.25, 0.3) is 11.1 Å². The fraction of sp³-hybridized carbons (Fsp3) is 0.154. The van der Waals surface area contributed by atoms with E-state index in [1.165, 1.54) is 0 Å². The summed E-state index contributed by atoms with van der Waals surface area (Å²) in [5, 5.41) is 4.08. The zero-order valence-electron chi connectivity index (χ0n) is 8.97. The summed E-state index contributed by atoms with van der Waals surface area (Å²) in [4.78, 5) is 10.9. The largest absolute Gasteiger partial charge is 0.493 e. The maximum absolute atomic E-state index is 10.9. The Labute approximate surface area is 98.5 Å². The average molecular weight is 232 g/mol. The lowest BCUT2D eigenvalue weighted by atomic mass is 10.1. The summed E-state index contributed by atoms with van der Waals surface area (Å²) in [6, 6.07) is 7.72. The van der Waals surface area contributed by atoms with Gasteiger partial charge >= 0.3 is 0 Å². The highest BCUT2D eigenvalue weighted by Crippen LogP contribution is 2.27. The van der Waals surface area contributed by atoms with Crippen molar-refractivity contribution in [3.8, 4) is 16.9 Å². The van der Waals surface area contributed by atoms with Crippen molar-refractivity contribution in [2.24, 2.45) is 0 Å². The molecule has 82 valence electrons. The van der Waals surface area contributed by atoms with Crippen LogP contribution in [0.4, 0.5) is 0 Å². The van der Waals surface area contributed by atoms with Gasteiger partial charge in [-0.3, -0.25) is 4.79 Å². The normalized spacial score (nSPS) is 10.1. The van der Waals surface area contributed by atoms with E-state index in [0.29, 0.717) is 17.9 Å². The molecule has 0 saturated carbocycles. The standard InChI is InChI=1S/C13H12O2S/c1-2-15-13-4-3-10(7-12(13)8-14)11-5-6-16-9-11/h3-9H,2H2,1H3. The van der Waals surface area contributed by atoms with Crippen LogP contribution in [0.5, 0.6) is 5.75 Å². The van der Waals surface area contributed by atoms with E-state index in [1.807, 2.05) is 36.6 Å². The quantitative estimate of drug-likeness (QED) is 0.752. The summed E-state index contributed by atoms with van der Waals surface area (Å²) in [6.07, 6.45) is 0.834. The third-order valence-corrected chi connectivity index (χ3v) is 2.97. The molecule has 1 aromatic carbocycles. The Hall–Kier alpha value is -1.61. The Morgan fingerprint density at radius 2 is 2.19 bits per heavy atom. The van der Waals surface area contributed by atoms with E-state index >= 15 is 0 Å². The molecule has 0 spiro atoms. The number of hydrogen-bond donors (Lipinski definition) is 0. The van der Waals surface area contributed by atoms with E-state index in [1.54, 1.807) is 11.3 Å². The minimum absolute atomic E-state index is 0.568. The van der Waals surface area contributed by atoms with Crippen molar-refractivity contribution in [2.45, 2.75) is 6.92 Å². The molecule has 0 aliphatic heterocycles. The van der Waals surface area contributed by atoms with Gasteiger partial charge in [0.15, 0.2) is 6.29 Å². The molecule has 0 radical (unpaired) electrons. The molecule has 0 bridgehead atoms. The van der Waals surface area contributed by atoms with E-state index in [0.717, 1.165) is 17.4 Å². The van der Waals surface area contributed by atoms with Crippen molar-refractivity contribution in [3.05, 3.63) is 40.6 Å². The van der Waals surface area contributed by atoms with Gasteiger partial charge in [0.1, 0.15) is 5.75 Å². The van der Waals surface area contributed by atoms with Crippen LogP contribution >= 0.6 is 11.3 Å². The van der Waals surface area contributed by atoms with Crippen LogP contribution in [-0.4, -0.2) is 12.9 Å². The number of rotatable bonds is 4. The van der Waals surface area contributed by atoms with Crippen molar-refractivity contribution in [3.63, 3.8) is 0 Å². The van der Waals surface area contributed by atoms with E-state index < -0.39 is 0 Å². The summed E-state index contributed by atoms with van der Waals surface area (Å²) in [5.74, 6) is 0.650. The molecule has 16 heavy (non-hydrogen) atoms. The molecule has 0 aliphatic carbocycles. The van der Waals surface area contributed by atoms with Crippen molar-refractivity contribution < 1.29 is 9.53 Å². The first-order chi connectivity index (χ1) is 7.85. The van der Waals surface area contributed by atoms with Crippen molar-refractivity contribution in [1.82, 2.24) is 0 Å². The van der Waals surface area contributed by atoms with Crippen molar-refractivity contribution >= 4 is 17.6 Å². The smallest absolute Gasteiger partial charge is 0.153 e. The maximum Gasteiger partial charge on any atom is 0.153 e. The fourth-order valence-corrected chi connectivity index (χ4v) is 2.20. The molecule has 2 rings (SSSR count). The maximum atomic E-state index is 10.9. The second kappa shape index (κ2) is 4.94. The first-order valence-electron chi connectivity index (χ1n) is 5.09. The predicted molar refractivity (Wildman–Crippen MR) is 66.3 cm³/mol. The average Bonchev–Trinajstić information content (AvgIpc) is 2.83. The van der Waals surface area contributed by atoms with Gasteiger partial charge in [-0.15, -0.1) is 0 Å². The number of benzene rings is 1. The first-order valence-corrected chi connectivity index (χ1v) is 6.04. The molecule has 0 N–H and O–H groups in total. The second-order valence-electron chi connectivity index (χ2n) is 3.32. The third kappa shape index (κ3) is 2.14. The van der Waals surface area contributed by atoms with E-state index in [4.69, 9.17) is 4.74 Å². The SMILES string of the molecule is CCOc1ccc(-c2ccsc2)cc1C=O. The van der Waals surface area contributed by atoms with E-state index in [2.05, 4.69) is 5.38 Å². The Kier molecular flexibility index (Phi) is 3.37. The van der Waals surface area contributed by atoms with Gasteiger partial charge in [-0.05, 0) is 47.0 Å². The monoisotopic (exact) mass is 232 g/mol. The van der Waals surface area contributed by atoms with Crippen LogP contribution in [0, 0.1) is 0 Å². The van der Waals surface area contributed by atoms with E-state index in [9.17, 15) is 4.79 Å². The minimum Gasteiger partial charge on any atom is -0.493 e. The molecular formula is C13H12O2S. The molecular weight excluding hydrogens is 220 g/mol. The Balaban J connectivity index is 2.40. The van der Waals surface area contributed by atoms with Crippen LogP contribution in [0.2, 0.25) is 0 Å². The topological polar surface area (TPSA) is 26.3 Å². The zero-order valence-corrected chi connectivity index (χ0v) is 9.79. The summed E-state index contributed by atoms with van der Waals surface area (Å²) in [5.41, 5.74) is 2.79. The number of ether oxygens (including phenoxy) is 1. The van der Waals surface area contributed by atoms with Crippen LogP contribution in [0.1, 0.15) is 17.3 Å². The third-order valence-electron chi connectivity index (χ3n) is 2.29. The predicted octanol–water partition coefficient (Wildman–Crippen LogP) is 3.63. The lowest BCUT2D eigenvalue weighted by molar-refractivity contribution is 0.112. The molecule has 0 unspecified atom stereocenters. The molecule has 0 fully saturated rings. The van der Waals surface area contributed by atoms with Gasteiger partial charge in [-0.2, -0.15) is 11.3 Å². The molecule has 2 aromatic rings. The van der Waals surface area contributed by atoms with Crippen molar-refractivity contribution in [2.75, 3.05) is 6.61 Å². The lowest BCUT2D eigenvalue weighted by Gasteiger charge is -2.07. The van der Waals surface area contributed by atoms with Gasteiger partial charge in [0.2, 0.25) is 0 Å². The number of aldehydes is 1. The van der Waals surface area contributed by atoms with Gasteiger partial charge in [0, 0.05) is 0 Å². The molecule has 0 amide bonds. The van der Waals surface area contributed by atoms with Crippen LogP contribution in [-0.2, 0) is 0 Å². The molecule has 1 aromatic heterocycles. The second-order valence-corrected chi connectivity index (χ2v) is 4.10. The Morgan fingerprint density at radius 3 is 2.81 bits per heavy atom. The fourth-order valence-electron chi connectivity index (χ4n) is 1.54. The number of thiophene rings is 1. The molecule has 3 heteroatoms. The van der Waals surface area contributed by atoms with Gasteiger partial charge < -0.3 is 4.74 Å². The number of carbonyl (C=O) groups is 1. The summed E-state index contributed by atoms with van der Waals surface area (Å²) in [6.45, 7) is 2.47. The molecule has 0 aliphatic rings. The Bertz CT molecular complexity index is 475. The zero-order chi connectivity index (χ0) is 11.4. The molecule has 2 nitrogen and oxygen atoms in total. The molecule has 1 heterocycles. The van der Waals surface area contributed by atoms with Crippen LogP contribution in [0.15, 0.2) is 35.0 Å². The van der Waals surface area contributed by atoms with Crippen LogP contribution < -0.4 is 4.74 Å². The van der Waals surface area contributed by atoms with Gasteiger partial charge in [0.05, 0.1) is 12.2 Å². The lowest BCUT2D eigenvalue weighted by Crippen LogP contribution is -1.95. The number of carbonyl (C=O) groups excluding carboxylic acids is 1. The highest BCUT2D eigenvalue weighted by Gasteiger charge is 2.05. The summed E-state index contributed by atoms with van der Waals surface area (Å²) in [7, 11) is 0. The molecule has 0 saturated heterocycles. The number of hydrogen-bond acceptors (Lipinski definition) is 3. The summed E-state index contributed by atoms with van der Waals surface area (Å²) < 4.78 is 5.37. The van der Waals surface area contributed by atoms with Crippen molar-refractivity contribution in [1.29, 1.82) is 0 Å². The highest BCUT2D eigenvalue weighted by molar-refractivity contribution is 7.08. The first kappa shape index (κ1) is 10.9. The summed E-state index contributed by atoms with van der Waals surface area (Å²) >= 11 is 1.64. The molecule has 0 atom stereocenters. The van der Waals surface area contributed by atoms with Crippen LogP contribution in [0.3, 0.4) is 0 Å². The Morgan fingerprint density at radius 1 is 1.31 bits per heavy atom. The van der Waals surface area contributed by atoms with E-state index in [-0.39, 0.29) is 0 Å².